The zero-order valence-electron chi connectivity index (χ0n) is 17.1. The Balaban J connectivity index is 1.61. The Bertz CT molecular complexity index is 1150. The quantitative estimate of drug-likeness (QED) is 0.527. The van der Waals surface area contributed by atoms with Crippen molar-refractivity contribution in [3.05, 3.63) is 48.2 Å². The summed E-state index contributed by atoms with van der Waals surface area (Å²) >= 11 is 0. The molecule has 12 heteroatoms. The van der Waals surface area contributed by atoms with E-state index in [0.717, 1.165) is 0 Å². The third kappa shape index (κ3) is 4.35. The van der Waals surface area contributed by atoms with E-state index < -0.39 is 24.2 Å². The number of hydrogen-bond acceptors (Lipinski definition) is 7. The van der Waals surface area contributed by atoms with Crippen LogP contribution in [0.25, 0.3) is 11.3 Å². The summed E-state index contributed by atoms with van der Waals surface area (Å²) in [7, 11) is 1.65. The van der Waals surface area contributed by atoms with Crippen LogP contribution in [0.5, 0.6) is 0 Å². The van der Waals surface area contributed by atoms with Gasteiger partial charge in [-0.2, -0.15) is 13.9 Å². The molecule has 1 aliphatic heterocycles. The predicted molar refractivity (Wildman–Crippen MR) is 113 cm³/mol. The van der Waals surface area contributed by atoms with Crippen LogP contribution in [-0.2, 0) is 7.05 Å². The maximum atomic E-state index is 14.1. The average molecular weight is 446 g/mol. The molecule has 9 nitrogen and oxygen atoms in total. The molecule has 2 aromatic heterocycles. The zero-order valence-corrected chi connectivity index (χ0v) is 17.1. The molecular weight excluding hydrogens is 425 g/mol. The molecule has 1 fully saturated rings. The number of nitrogens with zero attached hydrogens (tertiary/aromatic N) is 5. The highest BCUT2D eigenvalue weighted by Crippen LogP contribution is 2.29. The van der Waals surface area contributed by atoms with Crippen molar-refractivity contribution < 1.29 is 18.0 Å². The van der Waals surface area contributed by atoms with E-state index >= 15 is 0 Å². The number of benzene rings is 1. The van der Waals surface area contributed by atoms with Crippen LogP contribution < -0.4 is 21.3 Å². The number of nitrogens with two attached hydrogens (primary N) is 1. The summed E-state index contributed by atoms with van der Waals surface area (Å²) in [5, 5.41) is 9.01. The lowest BCUT2D eigenvalue weighted by Gasteiger charge is -2.23. The standard InChI is InChI=1S/C20H21F3N8O/c1-30-19(31-8-6-20(22,23)26-7-9-31)15(11-27-30)29-18(32)16-17(24)25-10-14(28-16)12-4-2-3-5-13(12)21/h2-5,10-11,26H,6-9H2,1H3,(H2,24,25)(H,29,32). The second-order valence-corrected chi connectivity index (χ2v) is 7.30. The lowest BCUT2D eigenvalue weighted by molar-refractivity contribution is -0.0345. The molecule has 0 radical (unpaired) electrons. The molecule has 32 heavy (non-hydrogen) atoms. The number of nitrogen functional groups attached to an aromatic ring is 1. The second-order valence-electron chi connectivity index (χ2n) is 7.30. The molecule has 0 saturated carbocycles. The van der Waals surface area contributed by atoms with E-state index in [9.17, 15) is 18.0 Å². The maximum absolute atomic E-state index is 14.1. The van der Waals surface area contributed by atoms with Gasteiger partial charge in [0.1, 0.15) is 11.5 Å². The minimum atomic E-state index is -2.96. The van der Waals surface area contributed by atoms with Crippen molar-refractivity contribution in [1.82, 2.24) is 25.1 Å². The van der Waals surface area contributed by atoms with Crippen LogP contribution in [0.1, 0.15) is 16.9 Å². The first-order valence-corrected chi connectivity index (χ1v) is 9.84. The van der Waals surface area contributed by atoms with Crippen molar-refractivity contribution in [2.24, 2.45) is 7.05 Å². The number of aromatic nitrogens is 4. The number of alkyl halides is 2. The third-order valence-corrected chi connectivity index (χ3v) is 5.08. The Hall–Kier alpha value is -3.67. The van der Waals surface area contributed by atoms with Crippen molar-refractivity contribution in [3.63, 3.8) is 0 Å². The molecule has 3 aromatic rings. The molecule has 0 bridgehead atoms. The highest BCUT2D eigenvalue weighted by atomic mass is 19.3. The second kappa shape index (κ2) is 8.46. The summed E-state index contributed by atoms with van der Waals surface area (Å²) < 4.78 is 43.0. The Morgan fingerprint density at radius 1 is 1.25 bits per heavy atom. The summed E-state index contributed by atoms with van der Waals surface area (Å²) in [6.07, 6.45) is 2.30. The Kier molecular flexibility index (Phi) is 5.70. The topological polar surface area (TPSA) is 114 Å². The summed E-state index contributed by atoms with van der Waals surface area (Å²) in [5.74, 6) is -0.860. The highest BCUT2D eigenvalue weighted by molar-refractivity contribution is 6.07. The van der Waals surface area contributed by atoms with Gasteiger partial charge in [-0.05, 0) is 12.1 Å². The van der Waals surface area contributed by atoms with E-state index in [-0.39, 0.29) is 35.9 Å². The van der Waals surface area contributed by atoms with Crippen LogP contribution in [0.2, 0.25) is 0 Å². The molecule has 0 atom stereocenters. The summed E-state index contributed by atoms with van der Waals surface area (Å²) in [4.78, 5) is 22.8. The van der Waals surface area contributed by atoms with Gasteiger partial charge in [-0.1, -0.05) is 12.1 Å². The molecule has 4 rings (SSSR count). The normalized spacial score (nSPS) is 15.9. The molecule has 3 heterocycles. The molecule has 1 amide bonds. The first kappa shape index (κ1) is 21.6. The summed E-state index contributed by atoms with van der Waals surface area (Å²) in [5.41, 5.74) is 6.28. The van der Waals surface area contributed by atoms with E-state index in [0.29, 0.717) is 18.1 Å². The van der Waals surface area contributed by atoms with Gasteiger partial charge in [0, 0.05) is 38.7 Å². The van der Waals surface area contributed by atoms with E-state index in [1.165, 1.54) is 35.3 Å². The molecule has 0 spiro atoms. The zero-order chi connectivity index (χ0) is 22.9. The Labute approximate surface area is 181 Å². The number of anilines is 3. The van der Waals surface area contributed by atoms with Crippen molar-refractivity contribution in [2.75, 3.05) is 35.6 Å². The molecule has 0 unspecified atom stereocenters. The average Bonchev–Trinajstić information content (AvgIpc) is 3.00. The minimum absolute atomic E-state index is 0.0626. The largest absolute Gasteiger partial charge is 0.382 e. The van der Waals surface area contributed by atoms with Crippen LogP contribution in [-0.4, -0.2) is 51.3 Å². The number of nitrogens with one attached hydrogen (secondary N) is 2. The van der Waals surface area contributed by atoms with Crippen molar-refractivity contribution in [1.29, 1.82) is 0 Å². The van der Waals surface area contributed by atoms with Gasteiger partial charge in [-0.25, -0.2) is 14.4 Å². The molecule has 4 N–H and O–H groups in total. The SMILES string of the molecule is Cn1ncc(NC(=O)c2nc(-c3ccccc3F)cnc2N)c1N1CCNC(F)(F)CC1. The number of carbonyl (C=O) groups excluding carboxylic acids is 1. The molecular formula is C20H21F3N8O. The summed E-state index contributed by atoms with van der Waals surface area (Å²) in [6, 6.07) is 3.00. The van der Waals surface area contributed by atoms with Gasteiger partial charge in [-0.15, -0.1) is 0 Å². The lowest BCUT2D eigenvalue weighted by Crippen LogP contribution is -2.36. The van der Waals surface area contributed by atoms with Crippen LogP contribution in [0, 0.1) is 5.82 Å². The molecule has 1 aromatic carbocycles. The van der Waals surface area contributed by atoms with Gasteiger partial charge in [0.15, 0.2) is 17.3 Å². The van der Waals surface area contributed by atoms with E-state index in [1.54, 1.807) is 18.0 Å². The van der Waals surface area contributed by atoms with Crippen LogP contribution in [0.3, 0.4) is 0 Å². The number of hydrogen-bond donors (Lipinski definition) is 3. The Morgan fingerprint density at radius 2 is 2.03 bits per heavy atom. The van der Waals surface area contributed by atoms with Crippen molar-refractivity contribution in [3.8, 4) is 11.3 Å². The first-order valence-electron chi connectivity index (χ1n) is 9.84. The van der Waals surface area contributed by atoms with Crippen molar-refractivity contribution in [2.45, 2.75) is 12.5 Å². The van der Waals surface area contributed by atoms with Gasteiger partial charge in [0.2, 0.25) is 0 Å². The molecule has 0 aliphatic carbocycles. The van der Waals surface area contributed by atoms with Crippen LogP contribution in [0.15, 0.2) is 36.7 Å². The van der Waals surface area contributed by atoms with E-state index in [4.69, 9.17) is 5.73 Å². The van der Waals surface area contributed by atoms with Crippen LogP contribution >= 0.6 is 0 Å². The third-order valence-electron chi connectivity index (χ3n) is 5.08. The van der Waals surface area contributed by atoms with Crippen LogP contribution in [0.4, 0.5) is 30.5 Å². The van der Waals surface area contributed by atoms with Gasteiger partial charge in [0.05, 0.1) is 18.1 Å². The monoisotopic (exact) mass is 446 g/mol. The first-order chi connectivity index (χ1) is 15.2. The number of aryl methyl sites for hydroxylation is 1. The fourth-order valence-corrected chi connectivity index (χ4v) is 3.50. The number of carbonyl (C=O) groups is 1. The number of amides is 1. The fraction of sp³-hybridized carbons (Fsp3) is 0.300. The van der Waals surface area contributed by atoms with Crippen molar-refractivity contribution >= 4 is 23.2 Å². The van der Waals surface area contributed by atoms with Gasteiger partial charge in [0.25, 0.3) is 5.91 Å². The predicted octanol–water partition coefficient (Wildman–Crippen LogP) is 2.24. The lowest BCUT2D eigenvalue weighted by atomic mass is 10.1. The highest BCUT2D eigenvalue weighted by Gasteiger charge is 2.33. The maximum Gasteiger partial charge on any atom is 0.304 e. The number of rotatable bonds is 4. The summed E-state index contributed by atoms with van der Waals surface area (Å²) in [6.45, 7) is 0.421. The molecule has 168 valence electrons. The van der Waals surface area contributed by atoms with Gasteiger partial charge in [-0.3, -0.25) is 14.8 Å². The van der Waals surface area contributed by atoms with Gasteiger partial charge >= 0.3 is 6.05 Å². The van der Waals surface area contributed by atoms with E-state index in [2.05, 4.69) is 25.7 Å². The molecule has 1 aliphatic rings. The number of halogens is 3. The van der Waals surface area contributed by atoms with Gasteiger partial charge < -0.3 is 16.0 Å². The molecule has 1 saturated heterocycles. The van der Waals surface area contributed by atoms with E-state index in [1.807, 2.05) is 0 Å². The minimum Gasteiger partial charge on any atom is -0.382 e. The smallest absolute Gasteiger partial charge is 0.304 e. The fourth-order valence-electron chi connectivity index (χ4n) is 3.50. The Morgan fingerprint density at radius 3 is 2.81 bits per heavy atom.